The van der Waals surface area contributed by atoms with Crippen LogP contribution in [0.25, 0.3) is 44.2 Å². The van der Waals surface area contributed by atoms with Gasteiger partial charge < -0.3 is 4.90 Å². The van der Waals surface area contributed by atoms with Gasteiger partial charge >= 0.3 is 0 Å². The molecule has 0 amide bonds. The molecule has 3 saturated carbocycles. The number of rotatable bonds is 7. The Morgan fingerprint density at radius 3 is 1.84 bits per heavy atom. The standard InChI is InChI=1S/C56H53N/c1-56(2)53-35-43(42-21-19-40(20-22-42)38-11-5-3-6-12-38)25-29-49(53)50-30-28-46(36-54(50)56)57(45-26-23-41(24-27-45)39-13-7-4-8-14-39)55-32-31-48(47-15-9-10-16-51(47)55)52-34-37-17-18-44(52)33-37/h3,5-6,9-12,15-16,19-32,35-37,39,44,52H,4,7-8,13-14,17-18,33-34H2,1-2H3. The first-order chi connectivity index (χ1) is 28.0. The molecule has 3 atom stereocenters. The molecule has 0 N–H and O–H groups in total. The van der Waals surface area contributed by atoms with Crippen molar-refractivity contribution in [1.82, 2.24) is 0 Å². The Morgan fingerprint density at radius 1 is 0.491 bits per heavy atom. The Morgan fingerprint density at radius 2 is 1.12 bits per heavy atom. The van der Waals surface area contributed by atoms with Crippen LogP contribution in [0, 0.1) is 11.8 Å². The second-order valence-electron chi connectivity index (χ2n) is 18.3. The van der Waals surface area contributed by atoms with E-state index in [0.717, 1.165) is 11.8 Å². The van der Waals surface area contributed by atoms with Gasteiger partial charge in [0.25, 0.3) is 0 Å². The lowest BCUT2D eigenvalue weighted by molar-refractivity contribution is 0.422. The van der Waals surface area contributed by atoms with Crippen molar-refractivity contribution in [2.24, 2.45) is 11.8 Å². The Balaban J connectivity index is 0.995. The van der Waals surface area contributed by atoms with Gasteiger partial charge in [-0.05, 0) is 153 Å². The average Bonchev–Trinajstić information content (AvgIpc) is 3.97. The predicted molar refractivity (Wildman–Crippen MR) is 241 cm³/mol. The number of nitrogens with zero attached hydrogens (tertiary/aromatic N) is 1. The summed E-state index contributed by atoms with van der Waals surface area (Å²) in [5.41, 5.74) is 17.2. The van der Waals surface area contributed by atoms with Gasteiger partial charge in [-0.2, -0.15) is 0 Å². The minimum absolute atomic E-state index is 0.148. The van der Waals surface area contributed by atoms with E-state index in [0.29, 0.717) is 11.8 Å². The quantitative estimate of drug-likeness (QED) is 0.157. The molecule has 0 radical (unpaired) electrons. The first-order valence-corrected chi connectivity index (χ1v) is 21.9. The molecule has 0 heterocycles. The van der Waals surface area contributed by atoms with Gasteiger partial charge in [-0.3, -0.25) is 0 Å². The molecule has 282 valence electrons. The van der Waals surface area contributed by atoms with Gasteiger partial charge in [0.05, 0.1) is 5.69 Å². The van der Waals surface area contributed by atoms with Crippen LogP contribution in [0.3, 0.4) is 0 Å². The third-order valence-corrected chi connectivity index (χ3v) is 14.8. The summed E-state index contributed by atoms with van der Waals surface area (Å²) in [5, 5.41) is 2.80. The average molecular weight is 740 g/mol. The summed E-state index contributed by atoms with van der Waals surface area (Å²) >= 11 is 0. The molecular formula is C56H53N. The highest BCUT2D eigenvalue weighted by Gasteiger charge is 2.41. The molecule has 57 heavy (non-hydrogen) atoms. The zero-order valence-corrected chi connectivity index (χ0v) is 33.6. The van der Waals surface area contributed by atoms with Crippen molar-refractivity contribution in [3.63, 3.8) is 0 Å². The topological polar surface area (TPSA) is 3.24 Å². The second kappa shape index (κ2) is 13.9. The fraction of sp³-hybridized carbons (Fsp3) is 0.286. The SMILES string of the molecule is CC1(C)c2cc(-c3ccc(-c4ccccc4)cc3)ccc2-c2ccc(N(c3ccc(C4CCCCC4)cc3)c3ccc(C4CC5CCC4C5)c4ccccc34)cc21. The lowest BCUT2D eigenvalue weighted by Crippen LogP contribution is -2.17. The van der Waals surface area contributed by atoms with Gasteiger partial charge in [0.15, 0.2) is 0 Å². The monoisotopic (exact) mass is 739 g/mol. The van der Waals surface area contributed by atoms with E-state index in [1.165, 1.54) is 136 Å². The molecule has 2 bridgehead atoms. The van der Waals surface area contributed by atoms with Crippen molar-refractivity contribution in [2.75, 3.05) is 4.90 Å². The maximum absolute atomic E-state index is 2.57. The minimum atomic E-state index is -0.148. The van der Waals surface area contributed by atoms with Crippen LogP contribution in [0.4, 0.5) is 17.1 Å². The molecular weight excluding hydrogens is 687 g/mol. The largest absolute Gasteiger partial charge is 0.310 e. The first-order valence-electron chi connectivity index (χ1n) is 21.9. The Hall–Kier alpha value is -5.40. The van der Waals surface area contributed by atoms with E-state index in [1.807, 2.05) is 0 Å². The maximum atomic E-state index is 2.57. The van der Waals surface area contributed by atoms with Crippen molar-refractivity contribution in [1.29, 1.82) is 0 Å². The van der Waals surface area contributed by atoms with Crippen molar-refractivity contribution >= 4 is 27.8 Å². The van der Waals surface area contributed by atoms with E-state index in [1.54, 1.807) is 5.56 Å². The summed E-state index contributed by atoms with van der Waals surface area (Å²) in [4.78, 5) is 2.57. The van der Waals surface area contributed by atoms with Gasteiger partial charge in [0.1, 0.15) is 0 Å². The number of hydrogen-bond acceptors (Lipinski definition) is 1. The van der Waals surface area contributed by atoms with Crippen LogP contribution in [0.2, 0.25) is 0 Å². The molecule has 0 aromatic heterocycles. The van der Waals surface area contributed by atoms with Crippen molar-refractivity contribution in [2.45, 2.75) is 88.9 Å². The molecule has 0 saturated heterocycles. The Bertz CT molecular complexity index is 2590. The fourth-order valence-corrected chi connectivity index (χ4v) is 11.7. The highest BCUT2D eigenvalue weighted by molar-refractivity contribution is 6.01. The Kier molecular flexibility index (Phi) is 8.50. The van der Waals surface area contributed by atoms with E-state index >= 15 is 0 Å². The van der Waals surface area contributed by atoms with Gasteiger partial charge in [-0.15, -0.1) is 0 Å². The zero-order chi connectivity index (χ0) is 38.1. The number of fused-ring (bicyclic) bond motifs is 6. The van der Waals surface area contributed by atoms with Gasteiger partial charge in [0, 0.05) is 22.2 Å². The molecule has 4 aliphatic carbocycles. The second-order valence-corrected chi connectivity index (χ2v) is 18.3. The molecule has 3 fully saturated rings. The van der Waals surface area contributed by atoms with Crippen LogP contribution >= 0.6 is 0 Å². The van der Waals surface area contributed by atoms with Crippen molar-refractivity contribution in [3.05, 3.63) is 174 Å². The van der Waals surface area contributed by atoms with Gasteiger partial charge in [-0.25, -0.2) is 0 Å². The van der Waals surface area contributed by atoms with E-state index in [9.17, 15) is 0 Å². The normalized spacial score (nSPS) is 20.8. The van der Waals surface area contributed by atoms with E-state index < -0.39 is 0 Å². The molecule has 1 heteroatoms. The highest BCUT2D eigenvalue weighted by atomic mass is 15.1. The molecule has 7 aromatic carbocycles. The third-order valence-electron chi connectivity index (χ3n) is 14.8. The summed E-state index contributed by atoms with van der Waals surface area (Å²) in [6, 6.07) is 58.1. The van der Waals surface area contributed by atoms with Crippen LogP contribution in [0.15, 0.2) is 152 Å². The van der Waals surface area contributed by atoms with Crippen LogP contribution in [-0.4, -0.2) is 0 Å². The maximum Gasteiger partial charge on any atom is 0.0540 e. The Labute approximate surface area is 339 Å². The molecule has 4 aliphatic rings. The zero-order valence-electron chi connectivity index (χ0n) is 33.6. The summed E-state index contributed by atoms with van der Waals surface area (Å²) in [6.45, 7) is 4.85. The van der Waals surface area contributed by atoms with Gasteiger partial charge in [0.2, 0.25) is 0 Å². The van der Waals surface area contributed by atoms with E-state index in [2.05, 4.69) is 170 Å². The highest BCUT2D eigenvalue weighted by Crippen LogP contribution is 2.56. The number of hydrogen-bond donors (Lipinski definition) is 0. The molecule has 3 unspecified atom stereocenters. The lowest BCUT2D eigenvalue weighted by Gasteiger charge is -2.31. The van der Waals surface area contributed by atoms with Crippen LogP contribution < -0.4 is 4.90 Å². The first kappa shape index (κ1) is 34.8. The van der Waals surface area contributed by atoms with E-state index in [-0.39, 0.29) is 5.41 Å². The molecule has 0 spiro atoms. The predicted octanol–water partition coefficient (Wildman–Crippen LogP) is 15.9. The molecule has 7 aromatic rings. The van der Waals surface area contributed by atoms with Crippen LogP contribution in [-0.2, 0) is 5.41 Å². The summed E-state index contributed by atoms with van der Waals surface area (Å²) in [5.74, 6) is 3.15. The van der Waals surface area contributed by atoms with Crippen LogP contribution in [0.5, 0.6) is 0 Å². The smallest absolute Gasteiger partial charge is 0.0540 e. The van der Waals surface area contributed by atoms with Crippen molar-refractivity contribution < 1.29 is 0 Å². The summed E-state index contributed by atoms with van der Waals surface area (Å²) in [6.07, 6.45) is 12.4. The minimum Gasteiger partial charge on any atom is -0.310 e. The molecule has 11 rings (SSSR count). The molecule has 1 nitrogen and oxygen atoms in total. The van der Waals surface area contributed by atoms with E-state index in [4.69, 9.17) is 0 Å². The van der Waals surface area contributed by atoms with Crippen LogP contribution in [0.1, 0.15) is 106 Å². The van der Waals surface area contributed by atoms with Gasteiger partial charge in [-0.1, -0.05) is 155 Å². The third kappa shape index (κ3) is 5.96. The molecule has 0 aliphatic heterocycles. The van der Waals surface area contributed by atoms with Crippen molar-refractivity contribution in [3.8, 4) is 33.4 Å². The summed E-state index contributed by atoms with van der Waals surface area (Å²) < 4.78 is 0. The number of benzene rings is 7. The summed E-state index contributed by atoms with van der Waals surface area (Å²) in [7, 11) is 0. The fourth-order valence-electron chi connectivity index (χ4n) is 11.7. The lowest BCUT2D eigenvalue weighted by atomic mass is 9.81. The number of anilines is 3.